The van der Waals surface area contributed by atoms with Gasteiger partial charge in [0.25, 0.3) is 11.5 Å². The van der Waals surface area contributed by atoms with Gasteiger partial charge in [-0.3, -0.25) is 19.1 Å². The number of nitrogens with one attached hydrogen (secondary N) is 1. The molecule has 0 fully saturated rings. The van der Waals surface area contributed by atoms with Gasteiger partial charge in [-0.15, -0.1) is 0 Å². The topological polar surface area (TPSA) is 86.1 Å². The van der Waals surface area contributed by atoms with Crippen LogP contribution >= 0.6 is 11.3 Å². The zero-order valence-corrected chi connectivity index (χ0v) is 17.9. The summed E-state index contributed by atoms with van der Waals surface area (Å²) in [4.78, 5) is 34.1. The quantitative estimate of drug-likeness (QED) is 0.614. The van der Waals surface area contributed by atoms with E-state index < -0.39 is 0 Å². The smallest absolute Gasteiger partial charge is 0.263 e. The fraction of sp³-hybridized carbons (Fsp3) is 0.217. The molecule has 3 heterocycles. The molecule has 0 atom stereocenters. The van der Waals surface area contributed by atoms with E-state index >= 15 is 0 Å². The first kappa shape index (κ1) is 20.7. The summed E-state index contributed by atoms with van der Waals surface area (Å²) in [6.45, 7) is 2.56. The lowest BCUT2D eigenvalue weighted by Crippen LogP contribution is -2.22. The molecular weight excluding hydrogens is 412 g/mol. The molecule has 4 rings (SSSR count). The van der Waals surface area contributed by atoms with E-state index in [1.165, 1.54) is 22.0 Å². The van der Waals surface area contributed by atoms with Crippen molar-refractivity contribution in [3.05, 3.63) is 93.1 Å². The summed E-state index contributed by atoms with van der Waals surface area (Å²) in [6, 6.07) is 6.88. The molecule has 31 heavy (non-hydrogen) atoms. The summed E-state index contributed by atoms with van der Waals surface area (Å²) in [7, 11) is 0. The van der Waals surface area contributed by atoms with Gasteiger partial charge in [-0.1, -0.05) is 35.6 Å². The Balaban J connectivity index is 1.44. The molecule has 1 amide bonds. The van der Waals surface area contributed by atoms with Gasteiger partial charge in [0.2, 0.25) is 0 Å². The average Bonchev–Trinajstić information content (AvgIpc) is 3.19. The van der Waals surface area contributed by atoms with Gasteiger partial charge in [0.15, 0.2) is 5.13 Å². The summed E-state index contributed by atoms with van der Waals surface area (Å²) in [6.07, 6.45) is 13.4. The van der Waals surface area contributed by atoms with Crippen molar-refractivity contribution in [3.8, 4) is 10.9 Å². The Hall–Kier alpha value is -3.52. The summed E-state index contributed by atoms with van der Waals surface area (Å²) < 4.78 is 7.16. The van der Waals surface area contributed by atoms with Crippen molar-refractivity contribution < 1.29 is 9.53 Å². The molecule has 0 bridgehead atoms. The fourth-order valence-electron chi connectivity index (χ4n) is 3.11. The summed E-state index contributed by atoms with van der Waals surface area (Å²) in [5.41, 5.74) is 2.33. The first-order valence-electron chi connectivity index (χ1n) is 9.96. The maximum atomic E-state index is 12.6. The molecule has 3 aromatic rings. The maximum Gasteiger partial charge on any atom is 0.263 e. The van der Waals surface area contributed by atoms with E-state index in [4.69, 9.17) is 4.74 Å². The van der Waals surface area contributed by atoms with Crippen LogP contribution in [0.15, 0.2) is 71.5 Å². The minimum Gasteiger partial charge on any atom is -0.489 e. The molecule has 7 nitrogen and oxygen atoms in total. The predicted molar refractivity (Wildman–Crippen MR) is 120 cm³/mol. The van der Waals surface area contributed by atoms with Gasteiger partial charge in [-0.25, -0.2) is 4.98 Å². The number of carbonyl (C=O) groups is 1. The number of thiazole rings is 1. The van der Waals surface area contributed by atoms with Crippen molar-refractivity contribution >= 4 is 17.2 Å². The highest BCUT2D eigenvalue weighted by Crippen LogP contribution is 2.21. The van der Waals surface area contributed by atoms with E-state index in [1.54, 1.807) is 31.6 Å². The van der Waals surface area contributed by atoms with Crippen LogP contribution in [0.2, 0.25) is 0 Å². The third kappa shape index (κ3) is 5.16. The van der Waals surface area contributed by atoms with Crippen molar-refractivity contribution in [2.24, 2.45) is 0 Å². The lowest BCUT2D eigenvalue weighted by molar-refractivity contribution is 0.0954. The molecule has 0 unspecified atom stereocenters. The van der Waals surface area contributed by atoms with Gasteiger partial charge in [0.1, 0.15) is 17.2 Å². The van der Waals surface area contributed by atoms with Crippen LogP contribution in [-0.2, 0) is 6.54 Å². The number of hydrogen-bond donors (Lipinski definition) is 1. The number of amides is 1. The van der Waals surface area contributed by atoms with Crippen LogP contribution in [0.1, 0.15) is 33.8 Å². The van der Waals surface area contributed by atoms with Gasteiger partial charge in [-0.05, 0) is 43.0 Å². The Morgan fingerprint density at radius 2 is 2.23 bits per heavy atom. The van der Waals surface area contributed by atoms with Gasteiger partial charge >= 0.3 is 0 Å². The zero-order valence-electron chi connectivity index (χ0n) is 17.1. The lowest BCUT2D eigenvalue weighted by atomic mass is 10.1. The van der Waals surface area contributed by atoms with Crippen molar-refractivity contribution in [2.75, 3.05) is 6.61 Å². The van der Waals surface area contributed by atoms with Gasteiger partial charge in [-0.2, -0.15) is 0 Å². The first-order chi connectivity index (χ1) is 15.1. The molecule has 1 N–H and O–H groups in total. The van der Waals surface area contributed by atoms with Crippen LogP contribution in [0.5, 0.6) is 5.75 Å². The lowest BCUT2D eigenvalue weighted by Gasteiger charge is -2.10. The number of aryl methyl sites for hydroxylation is 1. The summed E-state index contributed by atoms with van der Waals surface area (Å²) in [5, 5.41) is 3.31. The highest BCUT2D eigenvalue weighted by molar-refractivity contribution is 7.16. The molecule has 0 radical (unpaired) electrons. The maximum absolute atomic E-state index is 12.6. The van der Waals surface area contributed by atoms with Gasteiger partial charge in [0.05, 0.1) is 5.69 Å². The molecule has 0 saturated heterocycles. The summed E-state index contributed by atoms with van der Waals surface area (Å²) in [5.74, 6) is 0.274. The molecule has 8 heteroatoms. The van der Waals surface area contributed by atoms with Crippen molar-refractivity contribution in [1.29, 1.82) is 0 Å². The molecule has 0 saturated carbocycles. The largest absolute Gasteiger partial charge is 0.489 e. The third-order valence-corrected chi connectivity index (χ3v) is 5.90. The highest BCUT2D eigenvalue weighted by Gasteiger charge is 2.17. The second-order valence-electron chi connectivity index (χ2n) is 7.07. The summed E-state index contributed by atoms with van der Waals surface area (Å²) >= 11 is 1.18. The van der Waals surface area contributed by atoms with Crippen molar-refractivity contribution in [1.82, 2.24) is 19.9 Å². The van der Waals surface area contributed by atoms with Crippen molar-refractivity contribution in [3.63, 3.8) is 0 Å². The van der Waals surface area contributed by atoms with E-state index in [0.717, 1.165) is 24.0 Å². The Kier molecular flexibility index (Phi) is 6.37. The molecule has 0 spiro atoms. The van der Waals surface area contributed by atoms with E-state index in [2.05, 4.69) is 27.4 Å². The molecule has 3 aromatic heterocycles. The normalized spacial score (nSPS) is 13.0. The number of ether oxygens (including phenoxy) is 1. The van der Waals surface area contributed by atoms with Crippen LogP contribution in [0.25, 0.3) is 5.13 Å². The number of rotatable bonds is 7. The first-order valence-corrected chi connectivity index (χ1v) is 10.8. The predicted octanol–water partition coefficient (Wildman–Crippen LogP) is 3.58. The second kappa shape index (κ2) is 9.53. The Morgan fingerprint density at radius 1 is 1.32 bits per heavy atom. The van der Waals surface area contributed by atoms with E-state index in [9.17, 15) is 9.59 Å². The third-order valence-electron chi connectivity index (χ3n) is 4.74. The monoisotopic (exact) mass is 434 g/mol. The van der Waals surface area contributed by atoms with Gasteiger partial charge in [0, 0.05) is 31.2 Å². The number of carbonyl (C=O) groups excluding carboxylic acids is 1. The number of allylic oxidation sites excluding steroid dienone is 2. The SMILES string of the molecule is Cc1nc(-n2ccc(OCC3=CCCC=C3)cc2=O)sc1C(=O)NCc1cccnc1. The van der Waals surface area contributed by atoms with Crippen LogP contribution in [0.3, 0.4) is 0 Å². The highest BCUT2D eigenvalue weighted by atomic mass is 32.1. The molecule has 1 aliphatic rings. The number of pyridine rings is 2. The minimum atomic E-state index is -0.262. The average molecular weight is 435 g/mol. The van der Waals surface area contributed by atoms with E-state index in [-0.39, 0.29) is 11.5 Å². The van der Waals surface area contributed by atoms with Crippen LogP contribution < -0.4 is 15.6 Å². The molecule has 158 valence electrons. The Labute approximate surface area is 183 Å². The van der Waals surface area contributed by atoms with E-state index in [1.807, 2.05) is 18.2 Å². The number of hydrogen-bond acceptors (Lipinski definition) is 6. The number of aromatic nitrogens is 3. The van der Waals surface area contributed by atoms with E-state index in [0.29, 0.717) is 34.6 Å². The Morgan fingerprint density at radius 3 is 2.97 bits per heavy atom. The molecular formula is C23H22N4O3S. The minimum absolute atomic E-state index is 0.230. The van der Waals surface area contributed by atoms with Crippen LogP contribution in [0, 0.1) is 6.92 Å². The number of nitrogens with zero attached hydrogens (tertiary/aromatic N) is 3. The molecule has 0 aromatic carbocycles. The fourth-order valence-corrected chi connectivity index (χ4v) is 4.08. The Bertz CT molecular complexity index is 1200. The molecule has 1 aliphatic carbocycles. The van der Waals surface area contributed by atoms with Crippen molar-refractivity contribution in [2.45, 2.75) is 26.3 Å². The van der Waals surface area contributed by atoms with Crippen LogP contribution in [-0.4, -0.2) is 27.0 Å². The molecule has 0 aliphatic heterocycles. The van der Waals surface area contributed by atoms with Crippen LogP contribution in [0.4, 0.5) is 0 Å². The van der Waals surface area contributed by atoms with Gasteiger partial charge < -0.3 is 10.1 Å². The second-order valence-corrected chi connectivity index (χ2v) is 8.05. The zero-order chi connectivity index (χ0) is 21.6. The standard InChI is InChI=1S/C23H22N4O3S/c1-16-21(22(29)25-14-18-8-5-10-24-13-18)31-23(26-16)27-11-9-19(12-20(27)28)30-15-17-6-3-2-4-7-17/h3,5-13H,2,4,14-15H2,1H3,(H,25,29).